The van der Waals surface area contributed by atoms with Crippen molar-refractivity contribution in [3.63, 3.8) is 0 Å². The van der Waals surface area contributed by atoms with Crippen LogP contribution in [0.5, 0.6) is 0 Å². The van der Waals surface area contributed by atoms with Crippen molar-refractivity contribution < 1.29 is 23.8 Å². The molecule has 214 valence electrons. The third-order valence-corrected chi connectivity index (χ3v) is 12.3. The minimum Gasteiger partial charge on any atom is -0.461 e. The van der Waals surface area contributed by atoms with E-state index in [4.69, 9.17) is 14.2 Å². The molecule has 2 heterocycles. The monoisotopic (exact) mass is 530 g/mol. The van der Waals surface area contributed by atoms with E-state index in [-0.39, 0.29) is 41.0 Å². The van der Waals surface area contributed by atoms with E-state index in [0.717, 1.165) is 58.7 Å². The molecule has 7 heteroatoms. The van der Waals surface area contributed by atoms with Gasteiger partial charge in [0.25, 0.3) is 0 Å². The summed E-state index contributed by atoms with van der Waals surface area (Å²) in [5.74, 6) is 2.34. The summed E-state index contributed by atoms with van der Waals surface area (Å²) >= 11 is 0. The van der Waals surface area contributed by atoms with Gasteiger partial charge in [0, 0.05) is 44.4 Å². The van der Waals surface area contributed by atoms with Crippen LogP contribution in [0.4, 0.5) is 0 Å². The van der Waals surface area contributed by atoms with E-state index < -0.39 is 0 Å². The fourth-order valence-electron chi connectivity index (χ4n) is 10.6. The summed E-state index contributed by atoms with van der Waals surface area (Å²) in [6.45, 7) is 13.9. The first-order valence-electron chi connectivity index (χ1n) is 15.6. The summed E-state index contributed by atoms with van der Waals surface area (Å²) < 4.78 is 17.9. The van der Waals surface area contributed by atoms with Crippen molar-refractivity contribution in [3.8, 4) is 0 Å². The molecule has 0 N–H and O–H groups in total. The first-order chi connectivity index (χ1) is 18.2. The van der Waals surface area contributed by atoms with Gasteiger partial charge in [-0.25, -0.2) is 0 Å². The first-order valence-corrected chi connectivity index (χ1v) is 15.6. The lowest BCUT2D eigenvalue weighted by atomic mass is 9.44. The van der Waals surface area contributed by atoms with Gasteiger partial charge in [0.2, 0.25) is 0 Å². The Bertz CT molecular complexity index is 901. The number of ether oxygens (including phenoxy) is 3. The van der Waals surface area contributed by atoms with Crippen molar-refractivity contribution in [2.45, 2.75) is 110 Å². The first kappa shape index (κ1) is 27.0. The molecule has 2 aliphatic heterocycles. The summed E-state index contributed by atoms with van der Waals surface area (Å²) in [4.78, 5) is 29.6. The van der Waals surface area contributed by atoms with Crippen molar-refractivity contribution in [2.75, 3.05) is 39.4 Å². The normalized spacial score (nSPS) is 47.6. The Hall–Kier alpha value is -1.18. The summed E-state index contributed by atoms with van der Waals surface area (Å²) in [6.07, 6.45) is 10.7. The van der Waals surface area contributed by atoms with Crippen molar-refractivity contribution in [1.29, 1.82) is 0 Å². The molecule has 6 aliphatic rings. The molecule has 38 heavy (non-hydrogen) atoms. The van der Waals surface area contributed by atoms with Crippen LogP contribution in [-0.2, 0) is 23.8 Å². The number of fused-ring (bicyclic) bond motifs is 5. The topological polar surface area (TPSA) is 68.3 Å². The number of hydrogen-bond donors (Lipinski definition) is 0. The molecule has 0 unspecified atom stereocenters. The zero-order valence-electron chi connectivity index (χ0n) is 24.2. The molecular weight excluding hydrogens is 480 g/mol. The average Bonchev–Trinajstić information content (AvgIpc) is 3.51. The molecule has 6 rings (SSSR count). The van der Waals surface area contributed by atoms with E-state index >= 15 is 0 Å². The Morgan fingerprint density at radius 2 is 1.47 bits per heavy atom. The van der Waals surface area contributed by atoms with E-state index in [1.54, 1.807) is 13.8 Å². The highest BCUT2D eigenvalue weighted by molar-refractivity contribution is 5.66. The third kappa shape index (κ3) is 4.52. The number of morpholine rings is 1. The highest BCUT2D eigenvalue weighted by Crippen LogP contribution is 2.67. The van der Waals surface area contributed by atoms with E-state index in [9.17, 15) is 9.59 Å². The minimum atomic E-state index is -0.144. The second-order valence-corrected chi connectivity index (χ2v) is 14.1. The predicted octanol–water partition coefficient (Wildman–Crippen LogP) is 4.28. The van der Waals surface area contributed by atoms with Crippen LogP contribution in [-0.4, -0.2) is 85.4 Å². The fraction of sp³-hybridized carbons (Fsp3) is 0.935. The van der Waals surface area contributed by atoms with Gasteiger partial charge in [-0.05, 0) is 100.0 Å². The molecule has 0 aromatic heterocycles. The maximum Gasteiger partial charge on any atom is 0.302 e. The van der Waals surface area contributed by atoms with Gasteiger partial charge in [0.1, 0.15) is 12.2 Å². The fourth-order valence-corrected chi connectivity index (χ4v) is 10.6. The van der Waals surface area contributed by atoms with Crippen LogP contribution < -0.4 is 0 Å². The van der Waals surface area contributed by atoms with Crippen molar-refractivity contribution in [1.82, 2.24) is 9.80 Å². The Morgan fingerprint density at radius 3 is 2.16 bits per heavy atom. The molecule has 4 aliphatic carbocycles. The average molecular weight is 531 g/mol. The molecule has 0 aromatic rings. The van der Waals surface area contributed by atoms with Crippen LogP contribution in [0, 0.1) is 34.5 Å². The number of esters is 2. The number of rotatable bonds is 4. The number of hydrogen-bond acceptors (Lipinski definition) is 7. The number of nitrogens with zero attached hydrogens (tertiary/aromatic N) is 2. The summed E-state index contributed by atoms with van der Waals surface area (Å²) in [7, 11) is 0. The standard InChI is InChI=1S/C31H50N2O5/c1-20(34)37-28-17-22-7-8-23-24(31(22,4)19-27(28)33-13-15-36-16-14-33)9-10-30(3)25(23)18-26(29(30)38-21(2)35)32-11-5-6-12-32/h22-29H,5-19H2,1-4H3/t22-,23+,24-,25-,26-,27+,28-,29-,30-,31-/m0/s1. The molecule has 0 bridgehead atoms. The van der Waals surface area contributed by atoms with Crippen LogP contribution in [0.15, 0.2) is 0 Å². The lowest BCUT2D eigenvalue weighted by molar-refractivity contribution is -0.182. The molecule has 6 fully saturated rings. The van der Waals surface area contributed by atoms with Crippen molar-refractivity contribution in [3.05, 3.63) is 0 Å². The van der Waals surface area contributed by atoms with Crippen LogP contribution in [0.1, 0.15) is 85.5 Å². The van der Waals surface area contributed by atoms with Gasteiger partial charge >= 0.3 is 11.9 Å². The highest BCUT2D eigenvalue weighted by atomic mass is 16.5. The van der Waals surface area contributed by atoms with Gasteiger partial charge in [0.15, 0.2) is 0 Å². The second kappa shape index (κ2) is 10.3. The minimum absolute atomic E-state index is 0.00606. The van der Waals surface area contributed by atoms with Gasteiger partial charge in [-0.15, -0.1) is 0 Å². The van der Waals surface area contributed by atoms with Crippen LogP contribution >= 0.6 is 0 Å². The van der Waals surface area contributed by atoms with Gasteiger partial charge < -0.3 is 14.2 Å². The van der Waals surface area contributed by atoms with E-state index in [0.29, 0.717) is 29.7 Å². The lowest BCUT2D eigenvalue weighted by Gasteiger charge is -2.62. The van der Waals surface area contributed by atoms with Gasteiger partial charge in [-0.3, -0.25) is 19.4 Å². The molecule has 2 saturated heterocycles. The van der Waals surface area contributed by atoms with E-state index in [1.165, 1.54) is 38.5 Å². The Kier molecular flexibility index (Phi) is 7.35. The number of carbonyl (C=O) groups is 2. The Morgan fingerprint density at radius 1 is 0.789 bits per heavy atom. The quantitative estimate of drug-likeness (QED) is 0.503. The van der Waals surface area contributed by atoms with E-state index in [2.05, 4.69) is 23.6 Å². The maximum atomic E-state index is 12.3. The van der Waals surface area contributed by atoms with Crippen LogP contribution in [0.25, 0.3) is 0 Å². The van der Waals surface area contributed by atoms with Crippen molar-refractivity contribution >= 4 is 11.9 Å². The molecule has 10 atom stereocenters. The number of carbonyl (C=O) groups excluding carboxylic acids is 2. The lowest BCUT2D eigenvalue weighted by Crippen LogP contribution is -2.61. The Balaban J connectivity index is 1.27. The number of likely N-dealkylation sites (tertiary alicyclic amines) is 1. The summed E-state index contributed by atoms with van der Waals surface area (Å²) in [5, 5.41) is 0. The zero-order valence-corrected chi connectivity index (χ0v) is 24.2. The molecule has 0 radical (unpaired) electrons. The SMILES string of the molecule is CC(=O)O[C@H]1C[C@@H]2CC[C@@H]3[C@H](CC[C@@]4(C)[C@H]3C[C@H](N3CCCC3)[C@@H]4OC(C)=O)[C@@]2(C)C[C@H]1N1CCOCC1. The largest absolute Gasteiger partial charge is 0.461 e. The predicted molar refractivity (Wildman–Crippen MR) is 144 cm³/mol. The molecule has 0 amide bonds. The van der Waals surface area contributed by atoms with Crippen LogP contribution in [0.2, 0.25) is 0 Å². The molecular formula is C31H50N2O5. The Labute approximate surface area is 229 Å². The molecule has 0 aromatic carbocycles. The second-order valence-electron chi connectivity index (χ2n) is 14.1. The molecule has 4 saturated carbocycles. The van der Waals surface area contributed by atoms with E-state index in [1.807, 2.05) is 0 Å². The maximum absolute atomic E-state index is 12.3. The summed E-state index contributed by atoms with van der Waals surface area (Å²) in [5.41, 5.74) is 0.328. The third-order valence-electron chi connectivity index (χ3n) is 12.3. The zero-order chi connectivity index (χ0) is 26.7. The van der Waals surface area contributed by atoms with Gasteiger partial charge in [-0.1, -0.05) is 13.8 Å². The molecule has 7 nitrogen and oxygen atoms in total. The van der Waals surface area contributed by atoms with Gasteiger partial charge in [0.05, 0.1) is 13.2 Å². The summed E-state index contributed by atoms with van der Waals surface area (Å²) in [6, 6.07) is 0.660. The van der Waals surface area contributed by atoms with Crippen molar-refractivity contribution in [2.24, 2.45) is 34.5 Å². The van der Waals surface area contributed by atoms with Crippen LogP contribution in [0.3, 0.4) is 0 Å². The molecule has 0 spiro atoms. The smallest absolute Gasteiger partial charge is 0.302 e. The van der Waals surface area contributed by atoms with Gasteiger partial charge in [-0.2, -0.15) is 0 Å². The highest BCUT2D eigenvalue weighted by Gasteiger charge is 2.65.